The molecule has 0 unspecified atom stereocenters. The predicted octanol–water partition coefficient (Wildman–Crippen LogP) is 10.6. The Morgan fingerprint density at radius 3 is 0.326 bits per heavy atom. The minimum atomic E-state index is 0.388. The summed E-state index contributed by atoms with van der Waals surface area (Å²) >= 11 is 0. The van der Waals surface area contributed by atoms with Crippen LogP contribution in [0.3, 0.4) is 0 Å². The minimum Gasteiger partial charge on any atom is -0.491 e. The Kier molecular flexibility index (Phi) is 31.6. The molecule has 0 saturated carbocycles. The predicted molar refractivity (Wildman–Crippen MR) is 350 cm³/mol. The molecule has 0 fully saturated rings. The van der Waals surface area contributed by atoms with Gasteiger partial charge in [0.1, 0.15) is 98.9 Å². The molecule has 8 aromatic rings. The second kappa shape index (κ2) is 42.0. The van der Waals surface area contributed by atoms with E-state index in [9.17, 15) is 0 Å². The molecule has 0 N–H and O–H groups in total. The fraction of sp³-hybridized carbons (Fsp3) is 0.444. The zero-order valence-corrected chi connectivity index (χ0v) is 52.6. The van der Waals surface area contributed by atoms with Gasteiger partial charge in [0.25, 0.3) is 0 Å². The Bertz CT molecular complexity index is 2680. The van der Waals surface area contributed by atoms with Crippen LogP contribution in [0.4, 0.5) is 0 Å². The lowest BCUT2D eigenvalue weighted by Crippen LogP contribution is -2.14. The van der Waals surface area contributed by atoms with Crippen molar-refractivity contribution in [3.8, 4) is 46.0 Å². The van der Waals surface area contributed by atoms with E-state index in [0.29, 0.717) is 211 Å². The van der Waals surface area contributed by atoms with Gasteiger partial charge in [-0.05, 0) is 48.5 Å². The van der Waals surface area contributed by atoms with Crippen LogP contribution in [0.2, 0.25) is 0 Å². The second-order valence-corrected chi connectivity index (χ2v) is 20.6. The molecular formula is C72H88O20. The highest BCUT2D eigenvalue weighted by Gasteiger charge is 2.13. The minimum absolute atomic E-state index is 0.388. The van der Waals surface area contributed by atoms with Crippen molar-refractivity contribution in [2.24, 2.45) is 0 Å². The third-order valence-electron chi connectivity index (χ3n) is 14.2. The molecule has 0 saturated heterocycles. The molecule has 16 bridgehead atoms. The molecule has 0 atom stereocenters. The van der Waals surface area contributed by atoms with Crippen LogP contribution >= 0.6 is 0 Å². The molecule has 0 amide bonds. The van der Waals surface area contributed by atoms with Crippen molar-refractivity contribution in [1.82, 2.24) is 0 Å². The summed E-state index contributed by atoms with van der Waals surface area (Å²) in [5.74, 6) is 6.06. The van der Waals surface area contributed by atoms with Crippen molar-refractivity contribution in [3.63, 3.8) is 0 Å². The average molecular weight is 1270 g/mol. The van der Waals surface area contributed by atoms with Crippen molar-refractivity contribution < 1.29 is 94.7 Å². The Balaban J connectivity index is 0.666. The SMILES string of the molecule is c1cc2c3cccc(c3c1)OCCOCCOCCOCCOc1cccc3c(cccc13)OCCOCCOCCOCCOc1cccc3c(cccc13)OCCOCCOCCOCCOc1cccc3c(cccc13)OCCOCCOCCOCCO2. The van der Waals surface area contributed by atoms with Gasteiger partial charge in [-0.25, -0.2) is 0 Å². The van der Waals surface area contributed by atoms with Crippen LogP contribution in [0.15, 0.2) is 146 Å². The van der Waals surface area contributed by atoms with Crippen molar-refractivity contribution >= 4 is 43.1 Å². The summed E-state index contributed by atoms with van der Waals surface area (Å²) in [7, 11) is 0. The summed E-state index contributed by atoms with van der Waals surface area (Å²) in [4.78, 5) is 0. The molecule has 20 heteroatoms. The highest BCUT2D eigenvalue weighted by atomic mass is 16.6. The number of ether oxygens (including phenoxy) is 20. The van der Waals surface area contributed by atoms with Crippen molar-refractivity contribution in [2.45, 2.75) is 0 Å². The summed E-state index contributed by atoms with van der Waals surface area (Å²) in [5, 5.41) is 7.64. The first kappa shape index (κ1) is 69.1. The van der Waals surface area contributed by atoms with E-state index in [1.807, 2.05) is 146 Å². The lowest BCUT2D eigenvalue weighted by Gasteiger charge is -2.14. The Morgan fingerprint density at radius 2 is 0.217 bits per heavy atom. The van der Waals surface area contributed by atoms with Gasteiger partial charge in [0.15, 0.2) is 0 Å². The topological polar surface area (TPSA) is 185 Å². The lowest BCUT2D eigenvalue weighted by atomic mass is 10.1. The van der Waals surface area contributed by atoms with Crippen molar-refractivity contribution in [2.75, 3.05) is 211 Å². The van der Waals surface area contributed by atoms with Crippen molar-refractivity contribution in [3.05, 3.63) is 146 Å². The molecule has 20 nitrogen and oxygen atoms in total. The van der Waals surface area contributed by atoms with E-state index in [-0.39, 0.29) is 0 Å². The van der Waals surface area contributed by atoms with E-state index in [1.165, 1.54) is 0 Å². The molecule has 496 valence electrons. The van der Waals surface area contributed by atoms with Crippen molar-refractivity contribution in [1.29, 1.82) is 0 Å². The monoisotopic (exact) mass is 1270 g/mol. The average Bonchev–Trinajstić information content (AvgIpc) is 1.02. The van der Waals surface area contributed by atoms with Crippen LogP contribution in [-0.4, -0.2) is 211 Å². The number of benzene rings is 8. The quantitative estimate of drug-likeness (QED) is 0.139. The zero-order valence-electron chi connectivity index (χ0n) is 52.6. The fourth-order valence-corrected chi connectivity index (χ4v) is 9.87. The van der Waals surface area contributed by atoms with E-state index in [0.717, 1.165) is 89.1 Å². The Morgan fingerprint density at radius 1 is 0.120 bits per heavy atom. The van der Waals surface area contributed by atoms with E-state index < -0.39 is 0 Å². The molecule has 92 heavy (non-hydrogen) atoms. The zero-order chi connectivity index (χ0) is 63.0. The molecule has 9 rings (SSSR count). The fourth-order valence-electron chi connectivity index (χ4n) is 9.87. The van der Waals surface area contributed by atoms with Crippen LogP contribution in [-0.2, 0) is 56.8 Å². The van der Waals surface area contributed by atoms with Gasteiger partial charge in [-0.15, -0.1) is 0 Å². The van der Waals surface area contributed by atoms with Gasteiger partial charge >= 0.3 is 0 Å². The summed E-state index contributed by atoms with van der Waals surface area (Å²) < 4.78 is 118. The van der Waals surface area contributed by atoms with Gasteiger partial charge in [0, 0.05) is 43.1 Å². The maximum atomic E-state index is 6.12. The van der Waals surface area contributed by atoms with Crippen LogP contribution in [0, 0.1) is 0 Å². The smallest absolute Gasteiger partial charge is 0.127 e. The third-order valence-corrected chi connectivity index (χ3v) is 14.2. The molecule has 8 aromatic carbocycles. The van der Waals surface area contributed by atoms with Gasteiger partial charge in [-0.3, -0.25) is 0 Å². The van der Waals surface area contributed by atoms with Gasteiger partial charge < -0.3 is 94.7 Å². The summed E-state index contributed by atoms with van der Waals surface area (Å²) in [5.41, 5.74) is 0. The summed E-state index contributed by atoms with van der Waals surface area (Å²) in [6.45, 7) is 13.5. The first-order chi connectivity index (χ1) is 45.8. The van der Waals surface area contributed by atoms with Crippen LogP contribution < -0.4 is 37.9 Å². The molecule has 0 aliphatic carbocycles. The normalized spacial score (nSPS) is 18.1. The largest absolute Gasteiger partial charge is 0.491 e. The Labute approximate surface area is 538 Å². The molecule has 0 radical (unpaired) electrons. The van der Waals surface area contributed by atoms with E-state index in [4.69, 9.17) is 94.7 Å². The summed E-state index contributed by atoms with van der Waals surface area (Å²) in [6.07, 6.45) is 0. The first-order valence-corrected chi connectivity index (χ1v) is 31.8. The van der Waals surface area contributed by atoms with Gasteiger partial charge in [-0.2, -0.15) is 0 Å². The number of hydrogen-bond acceptors (Lipinski definition) is 20. The van der Waals surface area contributed by atoms with Gasteiger partial charge in [0.2, 0.25) is 0 Å². The van der Waals surface area contributed by atoms with E-state index in [1.54, 1.807) is 0 Å². The number of rotatable bonds is 0. The molecule has 1 aliphatic rings. The van der Waals surface area contributed by atoms with E-state index >= 15 is 0 Å². The van der Waals surface area contributed by atoms with Crippen LogP contribution in [0.25, 0.3) is 43.1 Å². The first-order valence-electron chi connectivity index (χ1n) is 31.8. The standard InChI is InChI=1S/C72H88O20/c1-9-57-58-10-2-18-66(57)86-50-42-78-34-26-74-28-36-80-44-52-88-68-20-5-14-62-61(68)13-6-22-70(62)90-54-46-82-38-30-76-32-40-84-48-56-92-72-24-8-15-63-64(72)16-7-23-71(63)91-55-47-83-39-31-75-29-37-81-45-53-89-69-21-4-11-59-60(69)12-3-19-67(59)87-51-43-79-35-27-73-25-33-77-41-49-85-65(58)17-1/h1-24H,25-56H2. The molecule has 1 heterocycles. The van der Waals surface area contributed by atoms with Crippen LogP contribution in [0.5, 0.6) is 46.0 Å². The molecule has 1 aliphatic heterocycles. The second-order valence-electron chi connectivity index (χ2n) is 20.6. The summed E-state index contributed by atoms with van der Waals surface area (Å²) in [6, 6.07) is 47.4. The van der Waals surface area contributed by atoms with Gasteiger partial charge in [-0.1, -0.05) is 97.1 Å². The highest BCUT2D eigenvalue weighted by molar-refractivity contribution is 5.95. The van der Waals surface area contributed by atoms with Gasteiger partial charge in [0.05, 0.1) is 159 Å². The maximum absolute atomic E-state index is 6.12. The third kappa shape index (κ3) is 23.7. The molecular weight excluding hydrogens is 1180 g/mol. The van der Waals surface area contributed by atoms with E-state index in [2.05, 4.69) is 0 Å². The number of hydrogen-bond donors (Lipinski definition) is 0. The highest BCUT2D eigenvalue weighted by Crippen LogP contribution is 2.36. The Hall–Kier alpha value is -7.28. The van der Waals surface area contributed by atoms with Crippen LogP contribution in [0.1, 0.15) is 0 Å². The molecule has 0 aromatic heterocycles. The lowest BCUT2D eigenvalue weighted by molar-refractivity contribution is 0.00501. The molecule has 0 spiro atoms. The maximum Gasteiger partial charge on any atom is 0.127 e.